The van der Waals surface area contributed by atoms with Gasteiger partial charge in [0.1, 0.15) is 11.4 Å². The third-order valence-corrected chi connectivity index (χ3v) is 5.70. The smallest absolute Gasteiger partial charge is 0.407 e. The average molecular weight is 476 g/mol. The van der Waals surface area contributed by atoms with E-state index in [9.17, 15) is 17.6 Å². The first-order valence-electron chi connectivity index (χ1n) is 10.3. The summed E-state index contributed by atoms with van der Waals surface area (Å²) in [5.41, 5.74) is 0.306. The molecule has 2 aromatic carbocycles. The van der Waals surface area contributed by atoms with Crippen LogP contribution in [0.3, 0.4) is 0 Å². The molecule has 0 fully saturated rings. The number of alkyl carbamates (subject to hydrolysis) is 1. The number of benzene rings is 2. The van der Waals surface area contributed by atoms with Crippen molar-refractivity contribution in [1.29, 1.82) is 0 Å². The number of hydrogen-bond donors (Lipinski definition) is 1. The van der Waals surface area contributed by atoms with E-state index in [1.807, 2.05) is 0 Å². The first-order chi connectivity index (χ1) is 15.4. The van der Waals surface area contributed by atoms with Crippen LogP contribution in [-0.4, -0.2) is 42.6 Å². The molecule has 0 aliphatic carbocycles. The summed E-state index contributed by atoms with van der Waals surface area (Å²) in [6.45, 7) is 5.24. The molecule has 1 amide bonds. The Morgan fingerprint density at radius 3 is 2.39 bits per heavy atom. The van der Waals surface area contributed by atoms with Gasteiger partial charge in [0.25, 0.3) is 0 Å². The van der Waals surface area contributed by atoms with Gasteiger partial charge in [-0.15, -0.1) is 0 Å². The molecule has 0 unspecified atom stereocenters. The van der Waals surface area contributed by atoms with Gasteiger partial charge < -0.3 is 14.6 Å². The number of sulfone groups is 1. The van der Waals surface area contributed by atoms with Crippen LogP contribution in [-0.2, 0) is 27.4 Å². The molecule has 1 atom stereocenters. The number of carbonyl (C=O) groups excluding carboxylic acids is 1. The molecule has 0 saturated heterocycles. The largest absolute Gasteiger partial charge is 0.444 e. The monoisotopic (exact) mass is 475 g/mol. The van der Waals surface area contributed by atoms with Gasteiger partial charge in [0, 0.05) is 24.3 Å². The van der Waals surface area contributed by atoms with Crippen LogP contribution in [0.1, 0.15) is 32.2 Å². The molecule has 1 heterocycles. The molecule has 10 heteroatoms. The van der Waals surface area contributed by atoms with Gasteiger partial charge in [0.15, 0.2) is 9.84 Å². The number of nitrogens with zero attached hydrogens (tertiary/aromatic N) is 2. The summed E-state index contributed by atoms with van der Waals surface area (Å²) in [5.74, 6) is 0.118. The number of carbonyl (C=O) groups is 1. The van der Waals surface area contributed by atoms with Crippen molar-refractivity contribution in [2.24, 2.45) is 0 Å². The molecule has 0 saturated carbocycles. The summed E-state index contributed by atoms with van der Waals surface area (Å²) in [6, 6.07) is 11.8. The predicted octanol–water partition coefficient (Wildman–Crippen LogP) is 3.96. The van der Waals surface area contributed by atoms with Crippen molar-refractivity contribution in [3.8, 4) is 11.4 Å². The molecule has 8 nitrogen and oxygen atoms in total. The van der Waals surface area contributed by atoms with Gasteiger partial charge in [-0.2, -0.15) is 4.98 Å². The maximum Gasteiger partial charge on any atom is 0.407 e. The molecule has 1 N–H and O–H groups in total. The Balaban J connectivity index is 1.78. The van der Waals surface area contributed by atoms with Gasteiger partial charge in [-0.3, -0.25) is 0 Å². The molecule has 0 aliphatic rings. The topological polar surface area (TPSA) is 111 Å². The molecule has 3 rings (SSSR count). The minimum absolute atomic E-state index is 0.141. The minimum Gasteiger partial charge on any atom is -0.444 e. The highest BCUT2D eigenvalue weighted by molar-refractivity contribution is 7.90. The molecular weight excluding hydrogens is 449 g/mol. The van der Waals surface area contributed by atoms with Crippen molar-refractivity contribution in [2.45, 2.75) is 50.2 Å². The zero-order valence-corrected chi connectivity index (χ0v) is 19.6. The Morgan fingerprint density at radius 2 is 1.79 bits per heavy atom. The van der Waals surface area contributed by atoms with Crippen LogP contribution in [0, 0.1) is 5.82 Å². The summed E-state index contributed by atoms with van der Waals surface area (Å²) in [5, 5.41) is 6.69. The van der Waals surface area contributed by atoms with E-state index < -0.39 is 27.6 Å². The van der Waals surface area contributed by atoms with E-state index in [2.05, 4.69) is 15.5 Å². The zero-order chi connectivity index (χ0) is 24.2. The number of aromatic nitrogens is 2. The summed E-state index contributed by atoms with van der Waals surface area (Å²) in [6.07, 6.45) is 0.816. The highest BCUT2D eigenvalue weighted by Crippen LogP contribution is 2.20. The fourth-order valence-electron chi connectivity index (χ4n) is 3.09. The number of ether oxygens (including phenoxy) is 1. The number of hydrogen-bond acceptors (Lipinski definition) is 7. The third kappa shape index (κ3) is 7.11. The zero-order valence-electron chi connectivity index (χ0n) is 18.8. The van der Waals surface area contributed by atoms with Crippen LogP contribution in [0.5, 0.6) is 0 Å². The van der Waals surface area contributed by atoms with Crippen molar-refractivity contribution in [1.82, 2.24) is 15.5 Å². The lowest BCUT2D eigenvalue weighted by Gasteiger charge is -2.23. The Morgan fingerprint density at radius 1 is 1.12 bits per heavy atom. The Labute approximate surface area is 192 Å². The maximum atomic E-state index is 14.2. The summed E-state index contributed by atoms with van der Waals surface area (Å²) >= 11 is 0. The first kappa shape index (κ1) is 24.4. The molecule has 0 bridgehead atoms. The van der Waals surface area contributed by atoms with Crippen molar-refractivity contribution in [3.05, 3.63) is 65.8 Å². The quantitative estimate of drug-likeness (QED) is 0.551. The van der Waals surface area contributed by atoms with E-state index in [0.29, 0.717) is 11.1 Å². The van der Waals surface area contributed by atoms with Gasteiger partial charge in [0.05, 0.1) is 4.90 Å². The van der Waals surface area contributed by atoms with Gasteiger partial charge in [-0.1, -0.05) is 23.4 Å². The standard InChI is InChI=1S/C23H26FN3O5S/c1-23(2,3)31-22(28)25-17(13-16-7-5-6-8-19(16)24)14-20-26-21(27-32-20)15-9-11-18(12-10-15)33(4,29)30/h5-12,17H,13-14H2,1-4H3,(H,25,28)/t17-/m1/s1. The van der Waals surface area contributed by atoms with Gasteiger partial charge in [-0.05, 0) is 63.1 Å². The lowest BCUT2D eigenvalue weighted by molar-refractivity contribution is 0.0502. The molecule has 0 aliphatic heterocycles. The van der Waals surface area contributed by atoms with Crippen molar-refractivity contribution >= 4 is 15.9 Å². The van der Waals surface area contributed by atoms with Crippen molar-refractivity contribution in [2.75, 3.05) is 6.26 Å². The van der Waals surface area contributed by atoms with Crippen LogP contribution < -0.4 is 5.32 Å². The highest BCUT2D eigenvalue weighted by Gasteiger charge is 2.23. The maximum absolute atomic E-state index is 14.2. The van der Waals surface area contributed by atoms with Crippen LogP contribution in [0.15, 0.2) is 57.9 Å². The lowest BCUT2D eigenvalue weighted by atomic mass is 10.0. The lowest BCUT2D eigenvalue weighted by Crippen LogP contribution is -2.41. The van der Waals surface area contributed by atoms with Gasteiger partial charge in [-0.25, -0.2) is 17.6 Å². The van der Waals surface area contributed by atoms with Gasteiger partial charge in [0.2, 0.25) is 11.7 Å². The number of nitrogens with one attached hydrogen (secondary N) is 1. The minimum atomic E-state index is -3.32. The van der Waals surface area contributed by atoms with E-state index in [0.717, 1.165) is 6.26 Å². The normalized spacial score (nSPS) is 12.9. The van der Waals surface area contributed by atoms with E-state index in [4.69, 9.17) is 9.26 Å². The van der Waals surface area contributed by atoms with Crippen LogP contribution in [0.4, 0.5) is 9.18 Å². The van der Waals surface area contributed by atoms with Crippen LogP contribution in [0.25, 0.3) is 11.4 Å². The molecular formula is C23H26FN3O5S. The Hall–Kier alpha value is -3.27. The van der Waals surface area contributed by atoms with Crippen molar-refractivity contribution < 1.29 is 26.9 Å². The molecule has 33 heavy (non-hydrogen) atoms. The molecule has 3 aromatic rings. The summed E-state index contributed by atoms with van der Waals surface area (Å²) < 4.78 is 48.1. The predicted molar refractivity (Wildman–Crippen MR) is 120 cm³/mol. The number of halogens is 1. The second-order valence-electron chi connectivity index (χ2n) is 8.65. The second kappa shape index (κ2) is 9.70. The molecule has 0 radical (unpaired) electrons. The third-order valence-electron chi connectivity index (χ3n) is 4.57. The Kier molecular flexibility index (Phi) is 7.16. The van der Waals surface area contributed by atoms with E-state index >= 15 is 0 Å². The summed E-state index contributed by atoms with van der Waals surface area (Å²) in [4.78, 5) is 16.9. The fourth-order valence-corrected chi connectivity index (χ4v) is 3.73. The second-order valence-corrected chi connectivity index (χ2v) is 10.7. The van der Waals surface area contributed by atoms with E-state index in [-0.39, 0.29) is 35.3 Å². The summed E-state index contributed by atoms with van der Waals surface area (Å²) in [7, 11) is -3.32. The number of rotatable bonds is 7. The molecule has 176 valence electrons. The van der Waals surface area contributed by atoms with Crippen molar-refractivity contribution in [3.63, 3.8) is 0 Å². The number of amides is 1. The average Bonchev–Trinajstić information content (AvgIpc) is 3.16. The van der Waals surface area contributed by atoms with Gasteiger partial charge >= 0.3 is 6.09 Å². The van der Waals surface area contributed by atoms with E-state index in [1.54, 1.807) is 51.1 Å². The Bertz CT molecular complexity index is 1220. The molecule has 1 aromatic heterocycles. The fraction of sp³-hybridized carbons (Fsp3) is 0.348. The molecule has 0 spiro atoms. The van der Waals surface area contributed by atoms with Crippen LogP contribution in [0.2, 0.25) is 0 Å². The van der Waals surface area contributed by atoms with Crippen LogP contribution >= 0.6 is 0 Å². The van der Waals surface area contributed by atoms with E-state index in [1.165, 1.54) is 18.2 Å². The highest BCUT2D eigenvalue weighted by atomic mass is 32.2. The SMILES string of the molecule is CC(C)(C)OC(=O)N[C@@H](Cc1nc(-c2ccc(S(C)(=O)=O)cc2)no1)Cc1ccccc1F. The first-order valence-corrected chi connectivity index (χ1v) is 12.2.